The largest absolute Gasteiger partial charge is 0.456 e. The molecule has 0 amide bonds. The van der Waals surface area contributed by atoms with E-state index in [9.17, 15) is 0 Å². The van der Waals surface area contributed by atoms with Gasteiger partial charge >= 0.3 is 0 Å². The summed E-state index contributed by atoms with van der Waals surface area (Å²) in [6.07, 6.45) is 3.33. The minimum absolute atomic E-state index is 0.510. The van der Waals surface area contributed by atoms with Gasteiger partial charge < -0.3 is 8.82 Å². The highest BCUT2D eigenvalue weighted by molar-refractivity contribution is 6.28. The minimum Gasteiger partial charge on any atom is -0.456 e. The molecule has 5 heterocycles. The summed E-state index contributed by atoms with van der Waals surface area (Å²) < 4.78 is 8.57. The highest BCUT2D eigenvalue weighted by Crippen LogP contribution is 2.44. The fraction of sp³-hybridized carbons (Fsp3) is 0. The Hall–Kier alpha value is -6.40. The van der Waals surface area contributed by atoms with Gasteiger partial charge in [0.2, 0.25) is 0 Å². The summed E-state index contributed by atoms with van der Waals surface area (Å²) in [4.78, 5) is 19.4. The van der Waals surface area contributed by atoms with E-state index >= 15 is 0 Å². The summed E-state index contributed by atoms with van der Waals surface area (Å²) in [5, 5.41) is 9.40. The zero-order valence-electron chi connectivity index (χ0n) is 24.3. The molecule has 0 bridgehead atoms. The molecule has 0 saturated heterocycles. The van der Waals surface area contributed by atoms with Crippen LogP contribution >= 0.6 is 0 Å². The highest BCUT2D eigenvalue weighted by atomic mass is 16.3. The van der Waals surface area contributed by atoms with E-state index < -0.39 is 0 Å². The highest BCUT2D eigenvalue weighted by Gasteiger charge is 2.22. The lowest BCUT2D eigenvalue weighted by Gasteiger charge is -2.17. The zero-order chi connectivity index (χ0) is 29.9. The molecule has 0 aliphatic rings. The van der Waals surface area contributed by atoms with Crippen molar-refractivity contribution in [3.05, 3.63) is 128 Å². The van der Waals surface area contributed by atoms with E-state index in [0.29, 0.717) is 11.3 Å². The van der Waals surface area contributed by atoms with Gasteiger partial charge in [-0.3, -0.25) is 0 Å². The Labute approximate surface area is 260 Å². The Morgan fingerprint density at radius 3 is 2.02 bits per heavy atom. The predicted molar refractivity (Wildman–Crippen MR) is 185 cm³/mol. The molecular formula is C40H21N5O. The Morgan fingerprint density at radius 1 is 0.478 bits per heavy atom. The number of nitrogens with zero attached hydrogens (tertiary/aromatic N) is 5. The lowest BCUT2D eigenvalue weighted by molar-refractivity contribution is 0.669. The molecule has 46 heavy (non-hydrogen) atoms. The Bertz CT molecular complexity index is 3040. The van der Waals surface area contributed by atoms with Gasteiger partial charge in [-0.1, -0.05) is 72.8 Å². The molecule has 5 aromatic heterocycles. The monoisotopic (exact) mass is 587 g/mol. The number of hydrogen-bond donors (Lipinski definition) is 0. The third-order valence-electron chi connectivity index (χ3n) is 9.47. The Balaban J connectivity index is 1.27. The molecule has 11 aromatic rings. The van der Waals surface area contributed by atoms with Crippen LogP contribution in [0.15, 0.2) is 132 Å². The van der Waals surface area contributed by atoms with Crippen LogP contribution in [-0.2, 0) is 0 Å². The van der Waals surface area contributed by atoms with Crippen LogP contribution in [0.25, 0.3) is 105 Å². The second kappa shape index (κ2) is 8.61. The topological polar surface area (TPSA) is 69.1 Å². The lowest BCUT2D eigenvalue weighted by Crippen LogP contribution is -2.00. The molecule has 0 radical (unpaired) electrons. The van der Waals surface area contributed by atoms with E-state index in [1.54, 1.807) is 12.4 Å². The zero-order valence-corrected chi connectivity index (χ0v) is 24.3. The van der Waals surface area contributed by atoms with Gasteiger partial charge in [-0.2, -0.15) is 0 Å². The summed E-state index contributed by atoms with van der Waals surface area (Å²) >= 11 is 0. The van der Waals surface area contributed by atoms with Crippen molar-refractivity contribution in [3.8, 4) is 22.5 Å². The number of pyridine rings is 1. The van der Waals surface area contributed by atoms with E-state index in [1.807, 2.05) is 24.3 Å². The van der Waals surface area contributed by atoms with Gasteiger partial charge in [0.1, 0.15) is 11.2 Å². The lowest BCUT2D eigenvalue weighted by atomic mass is 9.93. The third kappa shape index (κ3) is 3.05. The molecule has 0 unspecified atom stereocenters. The molecule has 0 fully saturated rings. The number of benzene rings is 6. The standard InChI is InChI=1S/C40H21N5O/c1-3-13-31-23(7-1)28-11-6-12-29-26-10-5-9-25-27(16-17-32(35(25)26)45(31)38(28)29)37-36(43-39-40(44-37)42-20-19-41-39)22-15-18-34-30(21-22)24-8-2-4-14-33(24)46-34/h1-21H. The van der Waals surface area contributed by atoms with Gasteiger partial charge in [-0.15, -0.1) is 0 Å². The van der Waals surface area contributed by atoms with E-state index in [-0.39, 0.29) is 0 Å². The van der Waals surface area contributed by atoms with Gasteiger partial charge in [0, 0.05) is 55.8 Å². The van der Waals surface area contributed by atoms with Crippen LogP contribution in [0, 0.1) is 0 Å². The van der Waals surface area contributed by atoms with Crippen molar-refractivity contribution >= 4 is 82.1 Å². The van der Waals surface area contributed by atoms with Crippen molar-refractivity contribution in [2.75, 3.05) is 0 Å². The molecule has 6 aromatic carbocycles. The van der Waals surface area contributed by atoms with Crippen LogP contribution in [0.5, 0.6) is 0 Å². The molecule has 0 atom stereocenters. The average Bonchev–Trinajstić information content (AvgIpc) is 3.66. The SMILES string of the molecule is c1ccc2c(c1)oc1ccc(-c3nc4nccnc4nc3-c3ccc4c5c3cccc5c3cccc5c6ccccc6n4c35)cc12. The van der Waals surface area contributed by atoms with Crippen LogP contribution in [0.2, 0.25) is 0 Å². The number of aromatic nitrogens is 5. The fourth-order valence-electron chi connectivity index (χ4n) is 7.55. The summed E-state index contributed by atoms with van der Waals surface area (Å²) in [7, 11) is 0. The molecular weight excluding hydrogens is 566 g/mol. The molecule has 6 nitrogen and oxygen atoms in total. The van der Waals surface area contributed by atoms with Gasteiger partial charge in [0.15, 0.2) is 11.3 Å². The smallest absolute Gasteiger partial charge is 0.198 e. The van der Waals surface area contributed by atoms with Crippen molar-refractivity contribution in [2.45, 2.75) is 0 Å². The number of furan rings is 1. The second-order valence-corrected chi connectivity index (χ2v) is 11.8. The van der Waals surface area contributed by atoms with Crippen molar-refractivity contribution in [1.82, 2.24) is 24.3 Å². The first kappa shape index (κ1) is 24.0. The van der Waals surface area contributed by atoms with Crippen molar-refractivity contribution in [2.24, 2.45) is 0 Å². The quantitative estimate of drug-likeness (QED) is 0.149. The fourth-order valence-corrected chi connectivity index (χ4v) is 7.55. The maximum atomic E-state index is 6.15. The first-order valence-corrected chi connectivity index (χ1v) is 15.3. The van der Waals surface area contributed by atoms with Crippen LogP contribution in [0.4, 0.5) is 0 Å². The number of rotatable bonds is 2. The Kier molecular flexibility index (Phi) is 4.49. The van der Waals surface area contributed by atoms with Crippen LogP contribution < -0.4 is 0 Å². The van der Waals surface area contributed by atoms with Crippen LogP contribution in [0.3, 0.4) is 0 Å². The maximum absolute atomic E-state index is 6.15. The van der Waals surface area contributed by atoms with Crippen molar-refractivity contribution < 1.29 is 4.42 Å². The summed E-state index contributed by atoms with van der Waals surface area (Å²) in [5.41, 5.74) is 9.81. The van der Waals surface area contributed by atoms with Gasteiger partial charge in [0.25, 0.3) is 0 Å². The number of fused-ring (bicyclic) bond motifs is 9. The van der Waals surface area contributed by atoms with Gasteiger partial charge in [-0.05, 0) is 53.2 Å². The molecule has 0 N–H and O–H groups in total. The summed E-state index contributed by atoms with van der Waals surface area (Å²) in [6, 6.07) is 40.7. The number of hydrogen-bond acceptors (Lipinski definition) is 5. The van der Waals surface area contributed by atoms with E-state index in [0.717, 1.165) is 49.8 Å². The van der Waals surface area contributed by atoms with E-state index in [2.05, 4.69) is 105 Å². The second-order valence-electron chi connectivity index (χ2n) is 11.8. The average molecular weight is 588 g/mol. The normalized spacial score (nSPS) is 12.3. The molecule has 0 aliphatic carbocycles. The van der Waals surface area contributed by atoms with Gasteiger partial charge in [-0.25, -0.2) is 19.9 Å². The van der Waals surface area contributed by atoms with Crippen LogP contribution in [-0.4, -0.2) is 24.3 Å². The van der Waals surface area contributed by atoms with E-state index in [4.69, 9.17) is 14.4 Å². The first-order valence-electron chi connectivity index (χ1n) is 15.3. The summed E-state index contributed by atoms with van der Waals surface area (Å²) in [5.74, 6) is 0. The molecule has 0 saturated carbocycles. The van der Waals surface area contributed by atoms with Gasteiger partial charge in [0.05, 0.1) is 27.9 Å². The molecule has 6 heteroatoms. The van der Waals surface area contributed by atoms with Crippen molar-refractivity contribution in [3.63, 3.8) is 0 Å². The molecule has 0 spiro atoms. The minimum atomic E-state index is 0.510. The Morgan fingerprint density at radius 2 is 1.15 bits per heavy atom. The first-order chi connectivity index (χ1) is 22.8. The van der Waals surface area contributed by atoms with Crippen LogP contribution in [0.1, 0.15) is 0 Å². The van der Waals surface area contributed by atoms with Crippen molar-refractivity contribution in [1.29, 1.82) is 0 Å². The maximum Gasteiger partial charge on any atom is 0.198 e. The molecule has 212 valence electrons. The van der Waals surface area contributed by atoms with E-state index in [1.165, 1.54) is 43.5 Å². The molecule has 11 rings (SSSR count). The number of para-hydroxylation sites is 3. The molecule has 0 aliphatic heterocycles. The predicted octanol–water partition coefficient (Wildman–Crippen LogP) is 9.96. The summed E-state index contributed by atoms with van der Waals surface area (Å²) in [6.45, 7) is 0. The third-order valence-corrected chi connectivity index (χ3v) is 9.47.